The Bertz CT molecular complexity index is 1050. The summed E-state index contributed by atoms with van der Waals surface area (Å²) in [5.74, 6) is 0.447. The maximum Gasteiger partial charge on any atom is 0.238 e. The molecule has 1 aliphatic heterocycles. The van der Waals surface area contributed by atoms with Crippen molar-refractivity contribution in [1.82, 2.24) is 15.0 Å². The lowest BCUT2D eigenvalue weighted by Gasteiger charge is -1.98. The molecular weight excluding hydrogens is 324 g/mol. The molecule has 0 saturated heterocycles. The average molecular weight is 338 g/mol. The fourth-order valence-electron chi connectivity index (χ4n) is 2.37. The molecule has 0 unspecified atom stereocenters. The molecule has 0 bridgehead atoms. The van der Waals surface area contributed by atoms with Crippen LogP contribution in [-0.2, 0) is 6.54 Å². The van der Waals surface area contributed by atoms with Gasteiger partial charge in [0.15, 0.2) is 0 Å². The first-order valence-corrected chi connectivity index (χ1v) is 8.21. The fraction of sp³-hybridized carbons (Fsp3) is 0.125. The van der Waals surface area contributed by atoms with Crippen LogP contribution in [0.4, 0.5) is 11.6 Å². The van der Waals surface area contributed by atoms with E-state index in [9.17, 15) is 5.11 Å². The lowest BCUT2D eigenvalue weighted by Crippen LogP contribution is -2.07. The van der Waals surface area contributed by atoms with Gasteiger partial charge >= 0.3 is 0 Å². The molecule has 8 heteroatoms. The van der Waals surface area contributed by atoms with Crippen LogP contribution in [0.3, 0.4) is 0 Å². The minimum absolute atomic E-state index is 0.0542. The molecule has 0 amide bonds. The molecular formula is C16H14N6OS. The van der Waals surface area contributed by atoms with Crippen molar-refractivity contribution in [3.05, 3.63) is 50.6 Å². The summed E-state index contributed by atoms with van der Waals surface area (Å²) in [6, 6.07) is 5.72. The molecule has 0 radical (unpaired) electrons. The van der Waals surface area contributed by atoms with Crippen molar-refractivity contribution in [3.63, 3.8) is 0 Å². The van der Waals surface area contributed by atoms with Crippen LogP contribution >= 0.6 is 11.3 Å². The van der Waals surface area contributed by atoms with E-state index >= 15 is 0 Å². The first-order chi connectivity index (χ1) is 11.7. The minimum Gasteiger partial charge on any atom is -0.492 e. The Morgan fingerprint density at radius 1 is 1.33 bits per heavy atom. The van der Waals surface area contributed by atoms with E-state index in [2.05, 4.69) is 30.3 Å². The van der Waals surface area contributed by atoms with Gasteiger partial charge in [0.05, 0.1) is 17.6 Å². The highest BCUT2D eigenvalue weighted by molar-refractivity contribution is 7.09. The number of nitrogens with one attached hydrogen (secondary N) is 2. The van der Waals surface area contributed by atoms with Gasteiger partial charge in [0.25, 0.3) is 0 Å². The first kappa shape index (κ1) is 14.6. The van der Waals surface area contributed by atoms with Gasteiger partial charge in [-0.15, -0.1) is 11.3 Å². The highest BCUT2D eigenvalue weighted by Gasteiger charge is 2.08. The van der Waals surface area contributed by atoms with Gasteiger partial charge in [-0.3, -0.25) is 0 Å². The summed E-state index contributed by atoms with van der Waals surface area (Å²) >= 11 is 1.59. The van der Waals surface area contributed by atoms with E-state index in [4.69, 9.17) is 0 Å². The monoisotopic (exact) mass is 338 g/mol. The Morgan fingerprint density at radius 3 is 3.08 bits per heavy atom. The van der Waals surface area contributed by atoms with E-state index in [-0.39, 0.29) is 5.88 Å². The molecule has 3 heterocycles. The Hall–Kier alpha value is -3.00. The predicted octanol–water partition coefficient (Wildman–Crippen LogP) is 1.61. The van der Waals surface area contributed by atoms with E-state index in [1.165, 1.54) is 6.34 Å². The molecule has 120 valence electrons. The van der Waals surface area contributed by atoms with Gasteiger partial charge in [0.1, 0.15) is 17.0 Å². The van der Waals surface area contributed by atoms with Crippen LogP contribution in [0.5, 0.6) is 5.88 Å². The summed E-state index contributed by atoms with van der Waals surface area (Å²) in [7, 11) is 0. The van der Waals surface area contributed by atoms with Crippen LogP contribution in [0.15, 0.2) is 33.6 Å². The fourth-order valence-corrected chi connectivity index (χ4v) is 3.08. The van der Waals surface area contributed by atoms with Crippen LogP contribution < -0.4 is 15.9 Å². The van der Waals surface area contributed by atoms with Crippen LogP contribution in [0.2, 0.25) is 0 Å². The molecule has 0 fully saturated rings. The van der Waals surface area contributed by atoms with Gasteiger partial charge in [0.2, 0.25) is 11.8 Å². The number of anilines is 1. The van der Waals surface area contributed by atoms with Crippen molar-refractivity contribution in [1.29, 1.82) is 0 Å². The number of H-pyrrole nitrogens is 1. The Balaban J connectivity index is 1.56. The molecule has 0 spiro atoms. The molecule has 1 aromatic carbocycles. The molecule has 24 heavy (non-hydrogen) atoms. The summed E-state index contributed by atoms with van der Waals surface area (Å²) in [6.07, 6.45) is 3.35. The number of thiazole rings is 1. The summed E-state index contributed by atoms with van der Waals surface area (Å²) in [4.78, 5) is 19.8. The molecule has 3 N–H and O–H groups in total. The van der Waals surface area contributed by atoms with Crippen LogP contribution in [0, 0.1) is 6.92 Å². The number of nitrogens with zero attached hydrogens (tertiary/aromatic N) is 4. The highest BCUT2D eigenvalue weighted by Crippen LogP contribution is 2.18. The van der Waals surface area contributed by atoms with Crippen molar-refractivity contribution in [2.45, 2.75) is 13.5 Å². The maximum absolute atomic E-state index is 10.0. The number of aromatic nitrogens is 3. The third kappa shape index (κ3) is 2.91. The number of aromatic hydroxyl groups is 1. The predicted molar refractivity (Wildman–Crippen MR) is 93.4 cm³/mol. The van der Waals surface area contributed by atoms with Crippen LogP contribution in [0.25, 0.3) is 6.08 Å². The van der Waals surface area contributed by atoms with Gasteiger partial charge in [0, 0.05) is 11.1 Å². The maximum atomic E-state index is 10.0. The number of imidazole rings is 1. The number of aromatic amines is 1. The second kappa shape index (κ2) is 5.89. The largest absolute Gasteiger partial charge is 0.492 e. The van der Waals surface area contributed by atoms with E-state index in [0.29, 0.717) is 18.2 Å². The van der Waals surface area contributed by atoms with Gasteiger partial charge in [-0.25, -0.2) is 15.0 Å². The molecule has 7 nitrogen and oxygen atoms in total. The van der Waals surface area contributed by atoms with E-state index in [1.807, 2.05) is 36.6 Å². The topological polar surface area (TPSA) is 98.5 Å². The molecule has 2 aromatic heterocycles. The number of aliphatic imine (C=N–C) groups is 1. The van der Waals surface area contributed by atoms with Crippen molar-refractivity contribution in [3.8, 4) is 5.88 Å². The first-order valence-electron chi connectivity index (χ1n) is 7.33. The van der Waals surface area contributed by atoms with Crippen molar-refractivity contribution < 1.29 is 5.11 Å². The standard InChI is InChI=1S/C16H14N6OS/c1-9-7-24-14(20-9)6-17-16-21-13(15(23)22-16)5-10-2-3-11-12(4-10)19-8-18-11/h2-5,7-8,23H,6H2,1H3,(H2,17,21,22)/b10-5+. The zero-order valence-electron chi connectivity index (χ0n) is 12.8. The van der Waals surface area contributed by atoms with Crippen molar-refractivity contribution in [2.24, 2.45) is 9.98 Å². The molecule has 4 rings (SSSR count). The number of hydrogen-bond donors (Lipinski definition) is 3. The molecule has 0 aliphatic carbocycles. The van der Waals surface area contributed by atoms with E-state index < -0.39 is 0 Å². The average Bonchev–Trinajstić information content (AvgIpc) is 3.26. The third-order valence-electron chi connectivity index (χ3n) is 3.49. The second-order valence-electron chi connectivity index (χ2n) is 5.33. The van der Waals surface area contributed by atoms with Crippen molar-refractivity contribution in [2.75, 3.05) is 5.32 Å². The molecule has 0 atom stereocenters. The van der Waals surface area contributed by atoms with Crippen molar-refractivity contribution >= 4 is 35.4 Å². The zero-order chi connectivity index (χ0) is 16.5. The summed E-state index contributed by atoms with van der Waals surface area (Å²) in [6.45, 7) is 2.51. The number of rotatable bonds is 4. The molecule has 1 aliphatic rings. The van der Waals surface area contributed by atoms with Gasteiger partial charge in [-0.2, -0.15) is 4.98 Å². The van der Waals surface area contributed by atoms with Gasteiger partial charge in [-0.1, -0.05) is 6.07 Å². The third-order valence-corrected chi connectivity index (χ3v) is 4.46. The minimum atomic E-state index is -0.0542. The lowest BCUT2D eigenvalue weighted by atomic mass is 10.2. The quantitative estimate of drug-likeness (QED) is 0.673. The van der Waals surface area contributed by atoms with E-state index in [1.54, 1.807) is 11.3 Å². The van der Waals surface area contributed by atoms with Gasteiger partial charge in [-0.05, 0) is 30.4 Å². The van der Waals surface area contributed by atoms with Crippen LogP contribution in [0.1, 0.15) is 16.4 Å². The smallest absolute Gasteiger partial charge is 0.238 e. The Labute approximate surface area is 141 Å². The summed E-state index contributed by atoms with van der Waals surface area (Å²) in [5.41, 5.74) is 2.35. The van der Waals surface area contributed by atoms with Gasteiger partial charge < -0.3 is 15.4 Å². The number of benzene rings is 1. The zero-order valence-corrected chi connectivity index (χ0v) is 13.6. The SMILES string of the molecule is Cc1csc(CNc2nc(O)c(/C=c3\ccc4c(c3)N=CN=4)[nH]2)n1. The number of fused-ring (bicyclic) bond motifs is 1. The van der Waals surface area contributed by atoms with E-state index in [0.717, 1.165) is 27.0 Å². The Morgan fingerprint density at radius 2 is 2.25 bits per heavy atom. The lowest BCUT2D eigenvalue weighted by molar-refractivity contribution is 0.455. The highest BCUT2D eigenvalue weighted by atomic mass is 32.1. The normalized spacial score (nSPS) is 13.1. The Kier molecular flexibility index (Phi) is 3.58. The summed E-state index contributed by atoms with van der Waals surface area (Å²) < 4.78 is 0. The summed E-state index contributed by atoms with van der Waals surface area (Å²) in [5, 5.41) is 17.9. The number of hydrogen-bond acceptors (Lipinski definition) is 7. The molecule has 0 saturated carbocycles. The van der Waals surface area contributed by atoms with Crippen LogP contribution in [-0.4, -0.2) is 26.4 Å². The second-order valence-corrected chi connectivity index (χ2v) is 6.27. The molecule has 3 aromatic rings. The number of aryl methyl sites for hydroxylation is 1.